The Morgan fingerprint density at radius 1 is 1.19 bits per heavy atom. The molecule has 1 N–H and O–H groups in total. The van der Waals surface area contributed by atoms with Gasteiger partial charge in [-0.3, -0.25) is 0 Å². The molecule has 1 aliphatic rings. The van der Waals surface area contributed by atoms with E-state index in [-0.39, 0.29) is 6.09 Å². The second-order valence-corrected chi connectivity index (χ2v) is 8.43. The van der Waals surface area contributed by atoms with Crippen LogP contribution in [0.25, 0.3) is 0 Å². The number of nitrogens with one attached hydrogen (secondary N) is 1. The predicted molar refractivity (Wildman–Crippen MR) is 87.5 cm³/mol. The number of rotatable bonds is 5. The van der Waals surface area contributed by atoms with Crippen LogP contribution in [0.4, 0.5) is 4.79 Å². The van der Waals surface area contributed by atoms with Crippen molar-refractivity contribution < 1.29 is 9.53 Å². The average molecular weight is 298 g/mol. The van der Waals surface area contributed by atoms with Gasteiger partial charge in [-0.25, -0.2) is 4.79 Å². The van der Waals surface area contributed by atoms with Crippen LogP contribution in [0.15, 0.2) is 0 Å². The molecule has 0 spiro atoms. The van der Waals surface area contributed by atoms with Crippen molar-refractivity contribution in [2.24, 2.45) is 11.3 Å². The van der Waals surface area contributed by atoms with Crippen LogP contribution in [0.1, 0.15) is 60.8 Å². The van der Waals surface area contributed by atoms with E-state index in [9.17, 15) is 4.79 Å². The van der Waals surface area contributed by atoms with Gasteiger partial charge < -0.3 is 15.0 Å². The molecule has 0 bridgehead atoms. The highest BCUT2D eigenvalue weighted by molar-refractivity contribution is 5.68. The van der Waals surface area contributed by atoms with E-state index in [1.54, 1.807) is 0 Å². The molecule has 1 heterocycles. The molecule has 1 amide bonds. The van der Waals surface area contributed by atoms with Crippen LogP contribution >= 0.6 is 0 Å². The summed E-state index contributed by atoms with van der Waals surface area (Å²) in [6.07, 6.45) is 3.27. The highest BCUT2D eigenvalue weighted by Gasteiger charge is 2.29. The summed E-state index contributed by atoms with van der Waals surface area (Å²) in [6, 6.07) is 0. The van der Waals surface area contributed by atoms with E-state index in [4.69, 9.17) is 4.74 Å². The number of nitrogens with zero attached hydrogens (tertiary/aromatic N) is 1. The first-order chi connectivity index (χ1) is 9.57. The lowest BCUT2D eigenvalue weighted by molar-refractivity contribution is 0.0287. The molecule has 4 nitrogen and oxygen atoms in total. The molecule has 0 aromatic heterocycles. The van der Waals surface area contributed by atoms with E-state index < -0.39 is 5.60 Å². The van der Waals surface area contributed by atoms with Crippen LogP contribution in [0, 0.1) is 11.3 Å². The minimum atomic E-state index is -0.399. The van der Waals surface area contributed by atoms with Crippen LogP contribution in [-0.2, 0) is 4.74 Å². The van der Waals surface area contributed by atoms with Crippen LogP contribution in [-0.4, -0.2) is 42.8 Å². The third kappa shape index (κ3) is 8.30. The van der Waals surface area contributed by atoms with E-state index in [2.05, 4.69) is 26.1 Å². The van der Waals surface area contributed by atoms with Gasteiger partial charge in [-0.2, -0.15) is 0 Å². The summed E-state index contributed by atoms with van der Waals surface area (Å²) in [6.45, 7) is 16.3. The van der Waals surface area contributed by atoms with Crippen LogP contribution < -0.4 is 5.32 Å². The fraction of sp³-hybridized carbons (Fsp3) is 0.941. The molecule has 4 heteroatoms. The normalized spacial score (nSPS) is 19.9. The van der Waals surface area contributed by atoms with Crippen molar-refractivity contribution in [1.29, 1.82) is 0 Å². The second kappa shape index (κ2) is 7.48. The fourth-order valence-electron chi connectivity index (χ4n) is 2.46. The molecule has 0 radical (unpaired) electrons. The van der Waals surface area contributed by atoms with Gasteiger partial charge in [0.25, 0.3) is 0 Å². The van der Waals surface area contributed by atoms with E-state index in [0.717, 1.165) is 39.0 Å². The third-order valence-corrected chi connectivity index (χ3v) is 3.72. The lowest BCUT2D eigenvalue weighted by atomic mass is 9.92. The molecular formula is C17H34N2O2. The molecule has 1 fully saturated rings. The van der Waals surface area contributed by atoms with Gasteiger partial charge >= 0.3 is 6.09 Å². The van der Waals surface area contributed by atoms with E-state index in [0.29, 0.717) is 11.3 Å². The van der Waals surface area contributed by atoms with Gasteiger partial charge in [-0.15, -0.1) is 0 Å². The zero-order valence-electron chi connectivity index (χ0n) is 14.8. The Hall–Kier alpha value is -0.770. The van der Waals surface area contributed by atoms with Crippen molar-refractivity contribution in [3.8, 4) is 0 Å². The van der Waals surface area contributed by atoms with Gasteiger partial charge in [0.15, 0.2) is 0 Å². The molecule has 0 saturated carbocycles. The summed E-state index contributed by atoms with van der Waals surface area (Å²) in [7, 11) is 0. The zero-order valence-corrected chi connectivity index (χ0v) is 14.8. The monoisotopic (exact) mass is 298 g/mol. The Bertz CT molecular complexity index is 329. The Kier molecular flexibility index (Phi) is 6.51. The lowest BCUT2D eigenvalue weighted by Crippen LogP contribution is -2.35. The Labute approximate surface area is 130 Å². The number of ether oxygens (including phenoxy) is 1. The lowest BCUT2D eigenvalue weighted by Gasteiger charge is -2.24. The van der Waals surface area contributed by atoms with Crippen molar-refractivity contribution in [2.75, 3.05) is 26.2 Å². The molecule has 0 aromatic rings. The van der Waals surface area contributed by atoms with Crippen molar-refractivity contribution in [1.82, 2.24) is 10.2 Å². The third-order valence-electron chi connectivity index (χ3n) is 3.72. The number of hydrogen-bond donors (Lipinski definition) is 1. The molecule has 1 saturated heterocycles. The van der Waals surface area contributed by atoms with Gasteiger partial charge in [-0.05, 0) is 64.5 Å². The summed E-state index contributed by atoms with van der Waals surface area (Å²) >= 11 is 0. The summed E-state index contributed by atoms with van der Waals surface area (Å²) in [5.41, 5.74) is -0.00243. The van der Waals surface area contributed by atoms with Gasteiger partial charge in [0.1, 0.15) is 5.60 Å². The highest BCUT2D eigenvalue weighted by atomic mass is 16.6. The smallest absolute Gasteiger partial charge is 0.410 e. The Morgan fingerprint density at radius 2 is 1.86 bits per heavy atom. The summed E-state index contributed by atoms with van der Waals surface area (Å²) in [5, 5.41) is 3.52. The zero-order chi connectivity index (χ0) is 16.1. The van der Waals surface area contributed by atoms with Crippen LogP contribution in [0.2, 0.25) is 0 Å². The molecule has 0 aliphatic carbocycles. The van der Waals surface area contributed by atoms with E-state index >= 15 is 0 Å². The van der Waals surface area contributed by atoms with Crippen molar-refractivity contribution in [2.45, 2.75) is 66.4 Å². The Balaban J connectivity index is 2.16. The van der Waals surface area contributed by atoms with Gasteiger partial charge in [0, 0.05) is 13.1 Å². The molecule has 21 heavy (non-hydrogen) atoms. The van der Waals surface area contributed by atoms with Gasteiger partial charge in [0.2, 0.25) is 0 Å². The second-order valence-electron chi connectivity index (χ2n) is 8.43. The first kappa shape index (κ1) is 18.3. The van der Waals surface area contributed by atoms with Crippen molar-refractivity contribution in [3.63, 3.8) is 0 Å². The standard InChI is InChI=1S/C17H34N2O2/c1-16(2,3)9-11-18-10-7-14-8-12-19(13-14)15(20)21-17(4,5)6/h14,18H,7-13H2,1-6H3. The SMILES string of the molecule is CC(C)(C)CCNCCC1CCN(C(=O)OC(C)(C)C)C1. The average Bonchev–Trinajstić information content (AvgIpc) is 2.73. The largest absolute Gasteiger partial charge is 0.444 e. The van der Waals surface area contributed by atoms with Crippen molar-refractivity contribution in [3.05, 3.63) is 0 Å². The minimum absolute atomic E-state index is 0.161. The van der Waals surface area contributed by atoms with E-state index in [1.165, 1.54) is 6.42 Å². The quantitative estimate of drug-likeness (QED) is 0.788. The maximum Gasteiger partial charge on any atom is 0.410 e. The Morgan fingerprint density at radius 3 is 2.43 bits per heavy atom. The summed E-state index contributed by atoms with van der Waals surface area (Å²) < 4.78 is 5.42. The summed E-state index contributed by atoms with van der Waals surface area (Å²) in [4.78, 5) is 13.8. The van der Waals surface area contributed by atoms with E-state index in [1.807, 2.05) is 25.7 Å². The van der Waals surface area contributed by atoms with Gasteiger partial charge in [0.05, 0.1) is 0 Å². The van der Waals surface area contributed by atoms with Crippen LogP contribution in [0.3, 0.4) is 0 Å². The first-order valence-corrected chi connectivity index (χ1v) is 8.25. The number of carbonyl (C=O) groups excluding carboxylic acids is 1. The number of likely N-dealkylation sites (tertiary alicyclic amines) is 1. The van der Waals surface area contributed by atoms with Crippen LogP contribution in [0.5, 0.6) is 0 Å². The highest BCUT2D eigenvalue weighted by Crippen LogP contribution is 2.22. The molecule has 1 aliphatic heterocycles. The summed E-state index contributed by atoms with van der Waals surface area (Å²) in [5.74, 6) is 0.611. The fourth-order valence-corrected chi connectivity index (χ4v) is 2.46. The predicted octanol–water partition coefficient (Wildman–Crippen LogP) is 3.66. The maximum absolute atomic E-state index is 12.0. The number of amides is 1. The minimum Gasteiger partial charge on any atom is -0.444 e. The molecule has 1 rings (SSSR count). The molecule has 1 atom stereocenters. The molecule has 124 valence electrons. The first-order valence-electron chi connectivity index (χ1n) is 8.25. The van der Waals surface area contributed by atoms with Crippen molar-refractivity contribution >= 4 is 6.09 Å². The molecular weight excluding hydrogens is 264 g/mol. The number of hydrogen-bond acceptors (Lipinski definition) is 3. The molecule has 1 unspecified atom stereocenters. The maximum atomic E-state index is 12.0. The number of carbonyl (C=O) groups is 1. The molecule has 0 aromatic carbocycles. The topological polar surface area (TPSA) is 41.6 Å². The van der Waals surface area contributed by atoms with Gasteiger partial charge in [-0.1, -0.05) is 20.8 Å².